The highest BCUT2D eigenvalue weighted by atomic mass is 32.2. The molecule has 5 nitrogen and oxygen atoms in total. The Bertz CT molecular complexity index is 781. The van der Waals surface area contributed by atoms with Gasteiger partial charge in [0.15, 0.2) is 5.16 Å². The zero-order valence-electron chi connectivity index (χ0n) is 13.4. The molecule has 3 rings (SSSR count). The van der Waals surface area contributed by atoms with Gasteiger partial charge >= 0.3 is 0 Å². The Morgan fingerprint density at radius 1 is 1.43 bits per heavy atom. The van der Waals surface area contributed by atoms with Gasteiger partial charge in [-0.25, -0.2) is 4.98 Å². The van der Waals surface area contributed by atoms with Crippen molar-refractivity contribution in [3.05, 3.63) is 20.8 Å². The van der Waals surface area contributed by atoms with Crippen molar-refractivity contribution in [3.8, 4) is 0 Å². The summed E-state index contributed by atoms with van der Waals surface area (Å²) in [6.45, 7) is 4.01. The number of aromatic nitrogens is 2. The van der Waals surface area contributed by atoms with Crippen LogP contribution in [0.4, 0.5) is 0 Å². The van der Waals surface area contributed by atoms with Crippen LogP contribution in [0.15, 0.2) is 9.95 Å². The Hall–Kier alpha value is -1.34. The molecule has 2 aromatic rings. The van der Waals surface area contributed by atoms with Crippen molar-refractivity contribution < 1.29 is 4.79 Å². The number of amides is 1. The smallest absolute Gasteiger partial charge is 0.260 e. The number of fused-ring (bicyclic) bond motifs is 3. The van der Waals surface area contributed by atoms with Gasteiger partial charge < -0.3 is 10.3 Å². The lowest BCUT2D eigenvalue weighted by molar-refractivity contribution is -0.119. The number of H-pyrrole nitrogens is 1. The summed E-state index contributed by atoms with van der Waals surface area (Å²) in [5.41, 5.74) is 1.12. The summed E-state index contributed by atoms with van der Waals surface area (Å²) >= 11 is 2.92. The molecule has 1 aliphatic carbocycles. The standard InChI is InChI=1S/C16H21N3O2S2/c1-3-9(2)17-12(20)8-22-16-18-14(21)13-10-6-4-5-7-11(10)23-15(13)19-16/h9H,3-8H2,1-2H3,(H,17,20)(H,18,19,21)/t9-/m1/s1. The van der Waals surface area contributed by atoms with Crippen molar-refractivity contribution in [1.82, 2.24) is 15.3 Å². The molecule has 0 radical (unpaired) electrons. The molecule has 1 aliphatic rings. The van der Waals surface area contributed by atoms with Crippen LogP contribution in [0.5, 0.6) is 0 Å². The first-order valence-corrected chi connectivity index (χ1v) is 9.85. The van der Waals surface area contributed by atoms with Crippen LogP contribution in [0, 0.1) is 0 Å². The van der Waals surface area contributed by atoms with Crippen molar-refractivity contribution in [2.75, 3.05) is 5.75 Å². The number of nitrogens with one attached hydrogen (secondary N) is 2. The van der Waals surface area contributed by atoms with Crippen molar-refractivity contribution in [1.29, 1.82) is 0 Å². The number of nitrogens with zero attached hydrogens (tertiary/aromatic N) is 1. The molecule has 0 unspecified atom stereocenters. The minimum atomic E-state index is -0.0702. The molecule has 0 spiro atoms. The number of rotatable bonds is 5. The summed E-state index contributed by atoms with van der Waals surface area (Å²) in [6.07, 6.45) is 5.26. The lowest BCUT2D eigenvalue weighted by Crippen LogP contribution is -2.33. The fraction of sp³-hybridized carbons (Fsp3) is 0.562. The highest BCUT2D eigenvalue weighted by molar-refractivity contribution is 7.99. The normalized spacial score (nSPS) is 15.4. The number of thioether (sulfide) groups is 1. The van der Waals surface area contributed by atoms with Gasteiger partial charge in [0.25, 0.3) is 5.56 Å². The lowest BCUT2D eigenvalue weighted by atomic mass is 9.97. The minimum absolute atomic E-state index is 0.0300. The molecule has 1 amide bonds. The maximum absolute atomic E-state index is 12.4. The summed E-state index contributed by atoms with van der Waals surface area (Å²) in [7, 11) is 0. The van der Waals surface area contributed by atoms with E-state index < -0.39 is 0 Å². The molecule has 2 heterocycles. The van der Waals surface area contributed by atoms with E-state index in [1.54, 1.807) is 11.3 Å². The van der Waals surface area contributed by atoms with E-state index in [1.807, 2.05) is 13.8 Å². The van der Waals surface area contributed by atoms with Crippen LogP contribution in [0.2, 0.25) is 0 Å². The van der Waals surface area contributed by atoms with Crippen LogP contribution in [0.3, 0.4) is 0 Å². The molecular weight excluding hydrogens is 330 g/mol. The van der Waals surface area contributed by atoms with E-state index in [-0.39, 0.29) is 23.3 Å². The number of hydrogen-bond donors (Lipinski definition) is 2. The maximum atomic E-state index is 12.4. The Balaban J connectivity index is 1.78. The predicted octanol–water partition coefficient (Wildman–Crippen LogP) is 2.87. The molecule has 2 aromatic heterocycles. The minimum Gasteiger partial charge on any atom is -0.353 e. The second-order valence-electron chi connectivity index (χ2n) is 5.93. The van der Waals surface area contributed by atoms with E-state index in [0.717, 1.165) is 35.9 Å². The fourth-order valence-corrected chi connectivity index (χ4v) is 4.76. The first kappa shape index (κ1) is 16.5. The molecule has 0 fully saturated rings. The number of hydrogen-bond acceptors (Lipinski definition) is 5. The van der Waals surface area contributed by atoms with Crippen molar-refractivity contribution in [2.45, 2.75) is 57.1 Å². The van der Waals surface area contributed by atoms with E-state index in [0.29, 0.717) is 5.16 Å². The Labute approximate surface area is 143 Å². The van der Waals surface area contributed by atoms with E-state index in [1.165, 1.54) is 28.6 Å². The molecule has 0 saturated heterocycles. The molecule has 23 heavy (non-hydrogen) atoms. The Kier molecular flexibility index (Phi) is 5.06. The van der Waals surface area contributed by atoms with Crippen LogP contribution in [0.25, 0.3) is 10.2 Å². The van der Waals surface area contributed by atoms with Crippen LogP contribution in [-0.2, 0) is 17.6 Å². The van der Waals surface area contributed by atoms with Crippen molar-refractivity contribution >= 4 is 39.2 Å². The molecule has 0 bridgehead atoms. The molecular formula is C16H21N3O2S2. The molecule has 0 aromatic carbocycles. The summed E-state index contributed by atoms with van der Waals surface area (Å²) in [6, 6.07) is 0.168. The van der Waals surface area contributed by atoms with Gasteiger partial charge in [0.05, 0.1) is 11.1 Å². The van der Waals surface area contributed by atoms with Gasteiger partial charge in [0.1, 0.15) is 4.83 Å². The number of carbonyl (C=O) groups excluding carboxylic acids is 1. The molecule has 2 N–H and O–H groups in total. The van der Waals surface area contributed by atoms with Crippen LogP contribution in [-0.4, -0.2) is 27.7 Å². The highest BCUT2D eigenvalue weighted by Crippen LogP contribution is 2.34. The molecule has 0 saturated carbocycles. The number of thiophene rings is 1. The van der Waals surface area contributed by atoms with Crippen LogP contribution >= 0.6 is 23.1 Å². The SMILES string of the molecule is CC[C@@H](C)NC(=O)CSc1nc2sc3c(c2c(=O)[nH]1)CCCC3. The van der Waals surface area contributed by atoms with E-state index in [9.17, 15) is 9.59 Å². The van der Waals surface area contributed by atoms with Gasteiger partial charge in [0.2, 0.25) is 5.91 Å². The second-order valence-corrected chi connectivity index (χ2v) is 7.98. The lowest BCUT2D eigenvalue weighted by Gasteiger charge is -2.10. The van der Waals surface area contributed by atoms with Crippen LogP contribution in [0.1, 0.15) is 43.6 Å². The monoisotopic (exact) mass is 351 g/mol. The van der Waals surface area contributed by atoms with Gasteiger partial charge in [0, 0.05) is 10.9 Å². The quantitative estimate of drug-likeness (QED) is 0.642. The van der Waals surface area contributed by atoms with E-state index in [4.69, 9.17) is 0 Å². The first-order valence-electron chi connectivity index (χ1n) is 8.05. The second kappa shape index (κ2) is 7.05. The zero-order chi connectivity index (χ0) is 16.4. The molecule has 0 aliphatic heterocycles. The average molecular weight is 351 g/mol. The van der Waals surface area contributed by atoms with Crippen molar-refractivity contribution in [2.24, 2.45) is 0 Å². The summed E-state index contributed by atoms with van der Waals surface area (Å²) in [5.74, 6) is 0.238. The number of aryl methyl sites for hydroxylation is 2. The van der Waals surface area contributed by atoms with E-state index >= 15 is 0 Å². The summed E-state index contributed by atoms with van der Waals surface area (Å²) < 4.78 is 0. The van der Waals surface area contributed by atoms with Gasteiger partial charge in [-0.2, -0.15) is 0 Å². The zero-order valence-corrected chi connectivity index (χ0v) is 15.0. The number of carbonyl (C=O) groups is 1. The predicted molar refractivity (Wildman–Crippen MR) is 95.5 cm³/mol. The third kappa shape index (κ3) is 3.61. The van der Waals surface area contributed by atoms with Crippen molar-refractivity contribution in [3.63, 3.8) is 0 Å². The Morgan fingerprint density at radius 3 is 3.00 bits per heavy atom. The van der Waals surface area contributed by atoms with Gasteiger partial charge in [-0.3, -0.25) is 9.59 Å². The van der Waals surface area contributed by atoms with Gasteiger partial charge in [-0.1, -0.05) is 18.7 Å². The third-order valence-corrected chi connectivity index (χ3v) is 6.22. The van der Waals surface area contributed by atoms with Crippen LogP contribution < -0.4 is 10.9 Å². The topological polar surface area (TPSA) is 74.8 Å². The molecule has 1 atom stereocenters. The largest absolute Gasteiger partial charge is 0.353 e. The van der Waals surface area contributed by atoms with Gasteiger partial charge in [-0.15, -0.1) is 11.3 Å². The maximum Gasteiger partial charge on any atom is 0.260 e. The molecule has 7 heteroatoms. The third-order valence-electron chi connectivity index (χ3n) is 4.16. The number of aromatic amines is 1. The average Bonchev–Trinajstić information content (AvgIpc) is 2.91. The first-order chi connectivity index (χ1) is 11.1. The molecule has 124 valence electrons. The summed E-state index contributed by atoms with van der Waals surface area (Å²) in [5, 5.41) is 4.20. The van der Waals surface area contributed by atoms with E-state index in [2.05, 4.69) is 15.3 Å². The van der Waals surface area contributed by atoms with Gasteiger partial charge in [-0.05, 0) is 44.6 Å². The summed E-state index contributed by atoms with van der Waals surface area (Å²) in [4.78, 5) is 33.8. The Morgan fingerprint density at radius 2 is 2.22 bits per heavy atom. The highest BCUT2D eigenvalue weighted by Gasteiger charge is 2.20. The fourth-order valence-electron chi connectivity index (χ4n) is 2.77.